The summed E-state index contributed by atoms with van der Waals surface area (Å²) in [5, 5.41) is 5.78. The van der Waals surface area contributed by atoms with Crippen LogP contribution in [0.15, 0.2) is 48.5 Å². The highest BCUT2D eigenvalue weighted by Gasteiger charge is 2.20. The zero-order valence-corrected chi connectivity index (χ0v) is 11.7. The van der Waals surface area contributed by atoms with Crippen molar-refractivity contribution in [1.29, 1.82) is 0 Å². The van der Waals surface area contributed by atoms with Crippen molar-refractivity contribution in [2.45, 2.75) is 13.0 Å². The van der Waals surface area contributed by atoms with Crippen LogP contribution in [-0.2, 0) is 7.05 Å². The largest absolute Gasteiger partial charge is 0.271 e. The van der Waals surface area contributed by atoms with Gasteiger partial charge in [0.1, 0.15) is 0 Å². The molecule has 1 aromatic heterocycles. The smallest absolute Gasteiger partial charge is 0.0931 e. The van der Waals surface area contributed by atoms with E-state index in [1.165, 1.54) is 5.56 Å². The Morgan fingerprint density at radius 3 is 2.55 bits per heavy atom. The number of rotatable bonds is 3. The predicted molar refractivity (Wildman–Crippen MR) is 81.1 cm³/mol. The van der Waals surface area contributed by atoms with Gasteiger partial charge in [-0.3, -0.25) is 10.5 Å². The van der Waals surface area contributed by atoms with Gasteiger partial charge in [-0.2, -0.15) is 5.10 Å². The fraction of sp³-hybridized carbons (Fsp3) is 0.188. The van der Waals surface area contributed by atoms with Crippen LogP contribution in [0.4, 0.5) is 0 Å². The lowest BCUT2D eigenvalue weighted by Crippen LogP contribution is -2.30. The first-order valence-electron chi connectivity index (χ1n) is 6.65. The molecule has 0 saturated heterocycles. The number of hydrazine groups is 1. The van der Waals surface area contributed by atoms with Crippen LogP contribution < -0.4 is 11.3 Å². The molecule has 0 aliphatic rings. The van der Waals surface area contributed by atoms with Crippen LogP contribution in [0.25, 0.3) is 10.9 Å². The summed E-state index contributed by atoms with van der Waals surface area (Å²) >= 11 is 0. The molecular weight excluding hydrogens is 248 g/mol. The molecule has 4 heteroatoms. The molecule has 20 heavy (non-hydrogen) atoms. The number of nitrogens with zero attached hydrogens (tertiary/aromatic N) is 2. The first-order valence-corrected chi connectivity index (χ1v) is 6.65. The lowest BCUT2D eigenvalue weighted by Gasteiger charge is -2.17. The minimum atomic E-state index is -0.109. The van der Waals surface area contributed by atoms with E-state index in [0.717, 1.165) is 22.2 Å². The normalized spacial score (nSPS) is 12.8. The molecule has 1 unspecified atom stereocenters. The molecule has 1 heterocycles. The maximum absolute atomic E-state index is 5.81. The molecular formula is C16H18N4. The van der Waals surface area contributed by atoms with Gasteiger partial charge < -0.3 is 0 Å². The van der Waals surface area contributed by atoms with Crippen LogP contribution in [0.1, 0.15) is 22.9 Å². The molecule has 0 bridgehead atoms. The zero-order valence-electron chi connectivity index (χ0n) is 11.7. The van der Waals surface area contributed by atoms with Gasteiger partial charge in [0.15, 0.2) is 0 Å². The molecule has 0 fully saturated rings. The predicted octanol–water partition coefficient (Wildman–Crippen LogP) is 2.43. The maximum atomic E-state index is 5.81. The molecule has 0 radical (unpaired) electrons. The van der Waals surface area contributed by atoms with E-state index in [2.05, 4.69) is 41.7 Å². The number of aryl methyl sites for hydroxylation is 2. The summed E-state index contributed by atoms with van der Waals surface area (Å²) in [4.78, 5) is 0. The SMILES string of the molecule is Cc1ccccc1C(NN)c1nn(C)c2ccccc12. The molecule has 0 spiro atoms. The highest BCUT2D eigenvalue weighted by molar-refractivity contribution is 5.82. The van der Waals surface area contributed by atoms with Gasteiger partial charge in [-0.15, -0.1) is 0 Å². The second-order valence-corrected chi connectivity index (χ2v) is 4.98. The lowest BCUT2D eigenvalue weighted by molar-refractivity contribution is 0.605. The third kappa shape index (κ3) is 1.99. The Kier molecular flexibility index (Phi) is 3.26. The molecule has 3 aromatic rings. The molecule has 4 nitrogen and oxygen atoms in total. The number of hydrogen-bond acceptors (Lipinski definition) is 3. The van der Waals surface area contributed by atoms with Crippen LogP contribution in [0, 0.1) is 6.92 Å². The standard InChI is InChI=1S/C16H18N4/c1-11-7-3-4-8-12(11)15(18-17)16-13-9-5-6-10-14(13)20(2)19-16/h3-10,15,18H,17H2,1-2H3. The monoisotopic (exact) mass is 266 g/mol. The van der Waals surface area contributed by atoms with E-state index < -0.39 is 0 Å². The zero-order chi connectivity index (χ0) is 14.1. The number of benzene rings is 2. The van der Waals surface area contributed by atoms with Crippen LogP contribution in [0.2, 0.25) is 0 Å². The Hall–Kier alpha value is -2.17. The molecule has 1 atom stereocenters. The van der Waals surface area contributed by atoms with Gasteiger partial charge in [0.2, 0.25) is 0 Å². The first-order chi connectivity index (χ1) is 9.72. The molecule has 2 aromatic carbocycles. The van der Waals surface area contributed by atoms with Crippen molar-refractivity contribution in [2.75, 3.05) is 0 Å². The fourth-order valence-electron chi connectivity index (χ4n) is 2.68. The van der Waals surface area contributed by atoms with Gasteiger partial charge in [-0.25, -0.2) is 5.43 Å². The van der Waals surface area contributed by atoms with Gasteiger partial charge in [0.05, 0.1) is 17.3 Å². The Morgan fingerprint density at radius 2 is 1.80 bits per heavy atom. The van der Waals surface area contributed by atoms with Crippen molar-refractivity contribution >= 4 is 10.9 Å². The summed E-state index contributed by atoms with van der Waals surface area (Å²) in [7, 11) is 1.96. The van der Waals surface area contributed by atoms with Crippen molar-refractivity contribution < 1.29 is 0 Å². The molecule has 3 rings (SSSR count). The van der Waals surface area contributed by atoms with Crippen molar-refractivity contribution in [3.63, 3.8) is 0 Å². The molecule has 3 N–H and O–H groups in total. The first kappa shape index (κ1) is 12.8. The van der Waals surface area contributed by atoms with E-state index in [-0.39, 0.29) is 6.04 Å². The van der Waals surface area contributed by atoms with Crippen LogP contribution in [0.5, 0.6) is 0 Å². The van der Waals surface area contributed by atoms with Gasteiger partial charge in [0.25, 0.3) is 0 Å². The summed E-state index contributed by atoms with van der Waals surface area (Å²) in [5.74, 6) is 5.81. The number of nitrogens with two attached hydrogens (primary N) is 1. The van der Waals surface area contributed by atoms with Gasteiger partial charge in [0, 0.05) is 12.4 Å². The summed E-state index contributed by atoms with van der Waals surface area (Å²) in [6.45, 7) is 2.09. The Labute approximate surface area is 118 Å². The van der Waals surface area contributed by atoms with Gasteiger partial charge in [-0.05, 0) is 24.1 Å². The third-order valence-corrected chi connectivity index (χ3v) is 3.73. The number of nitrogens with one attached hydrogen (secondary N) is 1. The van der Waals surface area contributed by atoms with Crippen molar-refractivity contribution in [1.82, 2.24) is 15.2 Å². The number of hydrogen-bond donors (Lipinski definition) is 2. The van der Waals surface area contributed by atoms with E-state index in [1.807, 2.05) is 36.0 Å². The molecule has 0 saturated carbocycles. The van der Waals surface area contributed by atoms with Crippen molar-refractivity contribution in [2.24, 2.45) is 12.9 Å². The molecule has 0 aliphatic carbocycles. The highest BCUT2D eigenvalue weighted by atomic mass is 15.3. The number of para-hydroxylation sites is 1. The minimum Gasteiger partial charge on any atom is -0.271 e. The van der Waals surface area contributed by atoms with E-state index in [0.29, 0.717) is 0 Å². The van der Waals surface area contributed by atoms with E-state index >= 15 is 0 Å². The highest BCUT2D eigenvalue weighted by Crippen LogP contribution is 2.28. The lowest BCUT2D eigenvalue weighted by atomic mass is 9.97. The average molecular weight is 266 g/mol. The van der Waals surface area contributed by atoms with E-state index in [1.54, 1.807) is 0 Å². The topological polar surface area (TPSA) is 55.9 Å². The Morgan fingerprint density at radius 1 is 1.10 bits per heavy atom. The Bertz CT molecular complexity index is 745. The fourth-order valence-corrected chi connectivity index (χ4v) is 2.68. The Balaban J connectivity index is 2.20. The summed E-state index contributed by atoms with van der Waals surface area (Å²) < 4.78 is 1.90. The maximum Gasteiger partial charge on any atom is 0.0931 e. The van der Waals surface area contributed by atoms with Crippen LogP contribution >= 0.6 is 0 Å². The summed E-state index contributed by atoms with van der Waals surface area (Å²) in [5.41, 5.74) is 7.32. The average Bonchev–Trinajstić information content (AvgIpc) is 2.80. The van der Waals surface area contributed by atoms with Crippen LogP contribution in [0.3, 0.4) is 0 Å². The number of fused-ring (bicyclic) bond motifs is 1. The summed E-state index contributed by atoms with van der Waals surface area (Å²) in [6.07, 6.45) is 0. The molecule has 0 amide bonds. The van der Waals surface area contributed by atoms with Crippen molar-refractivity contribution in [3.8, 4) is 0 Å². The van der Waals surface area contributed by atoms with Crippen molar-refractivity contribution in [3.05, 3.63) is 65.4 Å². The summed E-state index contributed by atoms with van der Waals surface area (Å²) in [6, 6.07) is 16.3. The third-order valence-electron chi connectivity index (χ3n) is 3.73. The molecule has 0 aliphatic heterocycles. The molecule has 102 valence electrons. The van der Waals surface area contributed by atoms with Gasteiger partial charge in [-0.1, -0.05) is 42.5 Å². The van der Waals surface area contributed by atoms with Gasteiger partial charge >= 0.3 is 0 Å². The van der Waals surface area contributed by atoms with Crippen LogP contribution in [-0.4, -0.2) is 9.78 Å². The minimum absolute atomic E-state index is 0.109. The quantitative estimate of drug-likeness (QED) is 0.565. The second kappa shape index (κ2) is 5.07. The number of aromatic nitrogens is 2. The van der Waals surface area contributed by atoms with E-state index in [9.17, 15) is 0 Å². The second-order valence-electron chi connectivity index (χ2n) is 4.98. The van der Waals surface area contributed by atoms with E-state index in [4.69, 9.17) is 5.84 Å².